The topological polar surface area (TPSA) is 67.4 Å². The highest BCUT2D eigenvalue weighted by Crippen LogP contribution is 2.31. The van der Waals surface area contributed by atoms with Gasteiger partial charge in [-0.2, -0.15) is 0 Å². The summed E-state index contributed by atoms with van der Waals surface area (Å²) in [5.41, 5.74) is 0.0716. The Bertz CT molecular complexity index is 638. The van der Waals surface area contributed by atoms with Crippen LogP contribution in [0, 0.1) is 5.41 Å². The molecule has 0 saturated carbocycles. The average Bonchev–Trinajstić information content (AvgIpc) is 2.45. The Balaban J connectivity index is 0.00000264. The lowest BCUT2D eigenvalue weighted by Gasteiger charge is -2.39. The van der Waals surface area contributed by atoms with Crippen molar-refractivity contribution in [1.29, 1.82) is 0 Å². The van der Waals surface area contributed by atoms with Gasteiger partial charge in [-0.05, 0) is 43.0 Å². The number of benzene rings is 1. The zero-order chi connectivity index (χ0) is 16.4. The fraction of sp³-hybridized carbons (Fsp3) is 0.600. The van der Waals surface area contributed by atoms with Crippen LogP contribution in [0.3, 0.4) is 0 Å². The van der Waals surface area contributed by atoms with Crippen LogP contribution in [0.2, 0.25) is 0 Å². The van der Waals surface area contributed by atoms with Crippen molar-refractivity contribution in [2.45, 2.75) is 37.6 Å². The molecule has 5 nitrogen and oxygen atoms in total. The lowest BCUT2D eigenvalue weighted by Crippen LogP contribution is -2.52. The van der Waals surface area contributed by atoms with E-state index in [1.165, 1.54) is 7.11 Å². The summed E-state index contributed by atoms with van der Waals surface area (Å²) in [6, 6.07) is 5.07. The van der Waals surface area contributed by atoms with Gasteiger partial charge in [0.1, 0.15) is 10.6 Å². The van der Waals surface area contributed by atoms with Gasteiger partial charge in [-0.15, -0.1) is 12.4 Å². The van der Waals surface area contributed by atoms with E-state index in [-0.39, 0.29) is 28.8 Å². The first-order valence-electron chi connectivity index (χ1n) is 7.33. The summed E-state index contributed by atoms with van der Waals surface area (Å²) in [6.45, 7) is 5.62. The summed E-state index contributed by atoms with van der Waals surface area (Å²) in [5.74, 6) is 0.339. The van der Waals surface area contributed by atoms with E-state index >= 15 is 0 Å². The standard InChI is InChI=1S/C15H23BrN2O3S.ClH/c1-15(2)7-4-8-17-14(15)10-18-22(19,20)13-9-11(16)5-6-12(13)21-3;/h5-6,9,14,17-18H,4,7-8,10H2,1-3H3;1H. The Labute approximate surface area is 153 Å². The highest BCUT2D eigenvalue weighted by molar-refractivity contribution is 9.10. The van der Waals surface area contributed by atoms with Crippen molar-refractivity contribution in [3.05, 3.63) is 22.7 Å². The molecule has 1 unspecified atom stereocenters. The van der Waals surface area contributed by atoms with Crippen LogP contribution in [-0.2, 0) is 10.0 Å². The number of nitrogens with one attached hydrogen (secondary N) is 2. The van der Waals surface area contributed by atoms with E-state index in [2.05, 4.69) is 39.8 Å². The Morgan fingerprint density at radius 3 is 2.74 bits per heavy atom. The second-order valence-corrected chi connectivity index (χ2v) is 8.90. The second-order valence-electron chi connectivity index (χ2n) is 6.25. The summed E-state index contributed by atoms with van der Waals surface area (Å²) in [7, 11) is -2.15. The van der Waals surface area contributed by atoms with Crippen molar-refractivity contribution < 1.29 is 13.2 Å². The lowest BCUT2D eigenvalue weighted by atomic mass is 9.78. The molecule has 1 fully saturated rings. The van der Waals surface area contributed by atoms with Crippen molar-refractivity contribution in [2.24, 2.45) is 5.41 Å². The maximum atomic E-state index is 12.6. The first-order chi connectivity index (χ1) is 10.3. The number of piperidine rings is 1. The van der Waals surface area contributed by atoms with Crippen LogP contribution < -0.4 is 14.8 Å². The van der Waals surface area contributed by atoms with E-state index in [0.717, 1.165) is 19.4 Å². The zero-order valence-electron chi connectivity index (χ0n) is 13.6. The van der Waals surface area contributed by atoms with Crippen LogP contribution in [0.4, 0.5) is 0 Å². The van der Waals surface area contributed by atoms with Crippen molar-refractivity contribution in [1.82, 2.24) is 10.0 Å². The monoisotopic (exact) mass is 426 g/mol. The van der Waals surface area contributed by atoms with Crippen LogP contribution in [-0.4, -0.2) is 34.7 Å². The number of rotatable bonds is 5. The SMILES string of the molecule is COc1ccc(Br)cc1S(=O)(=O)NCC1NCCCC1(C)C.Cl. The first kappa shape index (κ1) is 20.7. The number of hydrogen-bond acceptors (Lipinski definition) is 4. The number of methoxy groups -OCH3 is 1. The molecular weight excluding hydrogens is 404 g/mol. The molecule has 1 aliphatic rings. The normalized spacial score (nSPS) is 20.6. The third-order valence-electron chi connectivity index (χ3n) is 4.22. The zero-order valence-corrected chi connectivity index (χ0v) is 16.8. The predicted molar refractivity (Wildman–Crippen MR) is 97.9 cm³/mol. The van der Waals surface area contributed by atoms with E-state index in [0.29, 0.717) is 16.8 Å². The van der Waals surface area contributed by atoms with E-state index in [1.54, 1.807) is 18.2 Å². The molecule has 0 amide bonds. The molecular formula is C15H24BrClN2O3S. The van der Waals surface area contributed by atoms with Crippen molar-refractivity contribution in [3.63, 3.8) is 0 Å². The van der Waals surface area contributed by atoms with Gasteiger partial charge in [0.05, 0.1) is 7.11 Å². The molecule has 23 heavy (non-hydrogen) atoms. The maximum absolute atomic E-state index is 12.6. The van der Waals surface area contributed by atoms with E-state index in [4.69, 9.17) is 4.74 Å². The molecule has 8 heteroatoms. The molecule has 0 aliphatic carbocycles. The van der Waals surface area contributed by atoms with Gasteiger partial charge in [-0.25, -0.2) is 13.1 Å². The number of hydrogen-bond donors (Lipinski definition) is 2. The minimum atomic E-state index is -3.62. The highest BCUT2D eigenvalue weighted by Gasteiger charge is 2.33. The molecule has 132 valence electrons. The molecule has 0 aromatic heterocycles. The Kier molecular flexibility index (Phi) is 7.35. The van der Waals surface area contributed by atoms with Crippen molar-refractivity contribution in [3.8, 4) is 5.75 Å². The summed E-state index contributed by atoms with van der Waals surface area (Å²) in [5, 5.41) is 3.41. The molecule has 0 bridgehead atoms. The number of sulfonamides is 1. The molecule has 2 rings (SSSR count). The molecule has 1 aromatic rings. The van der Waals surface area contributed by atoms with E-state index in [1.807, 2.05) is 0 Å². The summed E-state index contributed by atoms with van der Waals surface area (Å²) < 4.78 is 33.7. The third-order valence-corrected chi connectivity index (χ3v) is 6.16. The molecule has 1 heterocycles. The smallest absolute Gasteiger partial charge is 0.244 e. The Morgan fingerprint density at radius 1 is 1.43 bits per heavy atom. The summed E-state index contributed by atoms with van der Waals surface area (Å²) in [6.07, 6.45) is 2.21. The summed E-state index contributed by atoms with van der Waals surface area (Å²) >= 11 is 3.30. The van der Waals surface area contributed by atoms with Crippen LogP contribution >= 0.6 is 28.3 Å². The van der Waals surface area contributed by atoms with E-state index in [9.17, 15) is 8.42 Å². The minimum absolute atomic E-state index is 0. The van der Waals surface area contributed by atoms with Gasteiger partial charge in [0.15, 0.2) is 0 Å². The van der Waals surface area contributed by atoms with Gasteiger partial charge < -0.3 is 10.1 Å². The Morgan fingerprint density at radius 2 is 2.13 bits per heavy atom. The molecule has 2 N–H and O–H groups in total. The molecule has 0 spiro atoms. The van der Waals surface area contributed by atoms with Crippen LogP contribution in [0.5, 0.6) is 5.75 Å². The number of ether oxygens (including phenoxy) is 1. The van der Waals surface area contributed by atoms with Gasteiger partial charge in [0.2, 0.25) is 10.0 Å². The molecule has 1 aromatic carbocycles. The van der Waals surface area contributed by atoms with Crippen LogP contribution in [0.1, 0.15) is 26.7 Å². The average molecular weight is 428 g/mol. The first-order valence-corrected chi connectivity index (χ1v) is 9.60. The number of halogens is 2. The molecule has 1 saturated heterocycles. The van der Waals surface area contributed by atoms with Crippen molar-refractivity contribution >= 4 is 38.4 Å². The highest BCUT2D eigenvalue weighted by atomic mass is 79.9. The summed E-state index contributed by atoms with van der Waals surface area (Å²) in [4.78, 5) is 0.151. The predicted octanol–water partition coefficient (Wildman–Crippen LogP) is 2.94. The van der Waals surface area contributed by atoms with Gasteiger partial charge in [0, 0.05) is 17.1 Å². The minimum Gasteiger partial charge on any atom is -0.495 e. The van der Waals surface area contributed by atoms with Gasteiger partial charge in [-0.1, -0.05) is 29.8 Å². The fourth-order valence-corrected chi connectivity index (χ4v) is 4.50. The third kappa shape index (κ3) is 5.06. The van der Waals surface area contributed by atoms with Gasteiger partial charge in [0.25, 0.3) is 0 Å². The molecule has 1 aliphatic heterocycles. The van der Waals surface area contributed by atoms with Crippen LogP contribution in [0.15, 0.2) is 27.6 Å². The Hall–Kier alpha value is -0.340. The van der Waals surface area contributed by atoms with Crippen LogP contribution in [0.25, 0.3) is 0 Å². The van der Waals surface area contributed by atoms with Gasteiger partial charge >= 0.3 is 0 Å². The largest absolute Gasteiger partial charge is 0.495 e. The quantitative estimate of drug-likeness (QED) is 0.758. The maximum Gasteiger partial charge on any atom is 0.244 e. The fourth-order valence-electron chi connectivity index (χ4n) is 2.75. The lowest BCUT2D eigenvalue weighted by molar-refractivity contribution is 0.181. The van der Waals surface area contributed by atoms with Crippen molar-refractivity contribution in [2.75, 3.05) is 20.2 Å². The van der Waals surface area contributed by atoms with Gasteiger partial charge in [-0.3, -0.25) is 0 Å². The molecule has 0 radical (unpaired) electrons. The van der Waals surface area contributed by atoms with E-state index < -0.39 is 10.0 Å². The molecule has 1 atom stereocenters. The second kappa shape index (κ2) is 8.16.